The molecule has 0 aliphatic heterocycles. The topological polar surface area (TPSA) is 76.7 Å². The van der Waals surface area contributed by atoms with E-state index < -0.39 is 0 Å². The SMILES string of the molecule is CCC(=O)CCC(=O)NCCOCCOCCNC. The molecule has 0 aliphatic carbocycles. The number of carbonyl (C=O) groups excluding carboxylic acids is 2. The van der Waals surface area contributed by atoms with Crippen LogP contribution in [0.1, 0.15) is 26.2 Å². The molecule has 19 heavy (non-hydrogen) atoms. The first-order chi connectivity index (χ1) is 9.20. The third kappa shape index (κ3) is 13.3. The van der Waals surface area contributed by atoms with Crippen LogP contribution in [0, 0.1) is 0 Å². The molecule has 0 aromatic carbocycles. The summed E-state index contributed by atoms with van der Waals surface area (Å²) in [5, 5.41) is 5.68. The van der Waals surface area contributed by atoms with Gasteiger partial charge in [-0.05, 0) is 7.05 Å². The normalized spacial score (nSPS) is 10.4. The lowest BCUT2D eigenvalue weighted by atomic mass is 10.2. The molecule has 2 N–H and O–H groups in total. The highest BCUT2D eigenvalue weighted by Crippen LogP contribution is 1.94. The van der Waals surface area contributed by atoms with Gasteiger partial charge in [-0.15, -0.1) is 0 Å². The minimum absolute atomic E-state index is 0.101. The lowest BCUT2D eigenvalue weighted by Gasteiger charge is -2.07. The molecule has 0 aromatic rings. The molecule has 0 rings (SSSR count). The van der Waals surface area contributed by atoms with Gasteiger partial charge in [-0.1, -0.05) is 6.92 Å². The van der Waals surface area contributed by atoms with Crippen LogP contribution in [-0.2, 0) is 19.1 Å². The highest BCUT2D eigenvalue weighted by molar-refractivity contribution is 5.84. The van der Waals surface area contributed by atoms with Crippen LogP contribution in [0.25, 0.3) is 0 Å². The number of ether oxygens (including phenoxy) is 2. The highest BCUT2D eigenvalue weighted by Gasteiger charge is 2.04. The maximum atomic E-state index is 11.3. The Hall–Kier alpha value is -0.980. The minimum atomic E-state index is -0.101. The number of rotatable bonds is 13. The molecule has 0 saturated heterocycles. The molecule has 0 saturated carbocycles. The third-order valence-electron chi connectivity index (χ3n) is 2.46. The van der Waals surface area contributed by atoms with Crippen LogP contribution >= 0.6 is 0 Å². The van der Waals surface area contributed by atoms with Crippen LogP contribution < -0.4 is 10.6 Å². The summed E-state index contributed by atoms with van der Waals surface area (Å²) in [4.78, 5) is 22.3. The first-order valence-electron chi connectivity index (χ1n) is 6.79. The fraction of sp³-hybridized carbons (Fsp3) is 0.846. The fourth-order valence-electron chi connectivity index (χ4n) is 1.28. The van der Waals surface area contributed by atoms with Crippen LogP contribution in [0.4, 0.5) is 0 Å². The summed E-state index contributed by atoms with van der Waals surface area (Å²) in [5.41, 5.74) is 0. The lowest BCUT2D eigenvalue weighted by Crippen LogP contribution is -2.28. The van der Waals surface area contributed by atoms with E-state index in [1.165, 1.54) is 0 Å². The molecular weight excluding hydrogens is 248 g/mol. The van der Waals surface area contributed by atoms with Crippen LogP contribution in [-0.4, -0.2) is 58.3 Å². The van der Waals surface area contributed by atoms with Gasteiger partial charge in [0, 0.05) is 32.4 Å². The Morgan fingerprint density at radius 1 is 0.947 bits per heavy atom. The van der Waals surface area contributed by atoms with Gasteiger partial charge in [0.05, 0.1) is 26.4 Å². The standard InChI is InChI=1S/C13H26N2O4/c1-3-12(16)4-5-13(17)15-7-9-19-11-10-18-8-6-14-2/h14H,3-11H2,1-2H3,(H,15,17). The summed E-state index contributed by atoms with van der Waals surface area (Å²) in [6, 6.07) is 0. The van der Waals surface area contributed by atoms with Crippen molar-refractivity contribution in [3.05, 3.63) is 0 Å². The number of ketones is 1. The summed E-state index contributed by atoms with van der Waals surface area (Å²) < 4.78 is 10.6. The Morgan fingerprint density at radius 2 is 1.58 bits per heavy atom. The van der Waals surface area contributed by atoms with E-state index in [4.69, 9.17) is 9.47 Å². The van der Waals surface area contributed by atoms with Crippen molar-refractivity contribution >= 4 is 11.7 Å². The van der Waals surface area contributed by atoms with E-state index in [1.54, 1.807) is 6.92 Å². The van der Waals surface area contributed by atoms with Crippen LogP contribution in [0.3, 0.4) is 0 Å². The number of likely N-dealkylation sites (N-methyl/N-ethyl adjacent to an activating group) is 1. The second-order valence-electron chi connectivity index (χ2n) is 4.07. The number of hydrogen-bond donors (Lipinski definition) is 2. The zero-order chi connectivity index (χ0) is 14.3. The molecule has 0 aliphatic rings. The largest absolute Gasteiger partial charge is 0.378 e. The summed E-state index contributed by atoms with van der Waals surface area (Å²) in [6.45, 7) is 5.30. The van der Waals surface area contributed by atoms with Crippen molar-refractivity contribution < 1.29 is 19.1 Å². The van der Waals surface area contributed by atoms with E-state index in [9.17, 15) is 9.59 Å². The van der Waals surface area contributed by atoms with Gasteiger partial charge in [-0.3, -0.25) is 9.59 Å². The Balaban J connectivity index is 3.21. The number of carbonyl (C=O) groups is 2. The molecule has 1 amide bonds. The van der Waals surface area contributed by atoms with E-state index in [0.717, 1.165) is 6.54 Å². The van der Waals surface area contributed by atoms with Crippen molar-refractivity contribution in [1.29, 1.82) is 0 Å². The van der Waals surface area contributed by atoms with Gasteiger partial charge in [0.1, 0.15) is 5.78 Å². The lowest BCUT2D eigenvalue weighted by molar-refractivity contribution is -0.125. The molecule has 6 nitrogen and oxygen atoms in total. The molecule has 0 radical (unpaired) electrons. The maximum Gasteiger partial charge on any atom is 0.220 e. The van der Waals surface area contributed by atoms with Gasteiger partial charge < -0.3 is 20.1 Å². The van der Waals surface area contributed by atoms with Crippen molar-refractivity contribution in [3.8, 4) is 0 Å². The molecule has 112 valence electrons. The molecule has 0 spiro atoms. The van der Waals surface area contributed by atoms with Crippen molar-refractivity contribution in [2.24, 2.45) is 0 Å². The average molecular weight is 274 g/mol. The van der Waals surface area contributed by atoms with Crippen molar-refractivity contribution in [2.75, 3.05) is 46.6 Å². The Labute approximate surface area is 115 Å². The van der Waals surface area contributed by atoms with Crippen molar-refractivity contribution in [2.45, 2.75) is 26.2 Å². The molecule has 6 heteroatoms. The molecule has 0 unspecified atom stereocenters. The first kappa shape index (κ1) is 18.0. The van der Waals surface area contributed by atoms with E-state index in [2.05, 4.69) is 10.6 Å². The Bertz CT molecular complexity index is 247. The molecule has 0 aromatic heterocycles. The highest BCUT2D eigenvalue weighted by atomic mass is 16.5. The minimum Gasteiger partial charge on any atom is -0.378 e. The second kappa shape index (κ2) is 13.5. The van der Waals surface area contributed by atoms with Crippen LogP contribution in [0.2, 0.25) is 0 Å². The van der Waals surface area contributed by atoms with E-state index in [0.29, 0.717) is 45.8 Å². The number of amides is 1. The first-order valence-corrected chi connectivity index (χ1v) is 6.79. The monoisotopic (exact) mass is 274 g/mol. The summed E-state index contributed by atoms with van der Waals surface area (Å²) >= 11 is 0. The van der Waals surface area contributed by atoms with E-state index in [-0.39, 0.29) is 18.1 Å². The van der Waals surface area contributed by atoms with E-state index >= 15 is 0 Å². The summed E-state index contributed by atoms with van der Waals surface area (Å²) in [7, 11) is 1.87. The summed E-state index contributed by atoms with van der Waals surface area (Å²) in [6.07, 6.45) is 1.08. The third-order valence-corrected chi connectivity index (χ3v) is 2.46. The molecular formula is C13H26N2O4. The van der Waals surface area contributed by atoms with Gasteiger partial charge in [0.2, 0.25) is 5.91 Å². The van der Waals surface area contributed by atoms with Crippen LogP contribution in [0.5, 0.6) is 0 Å². The predicted octanol–water partition coefficient (Wildman–Crippen LogP) is 0.115. The van der Waals surface area contributed by atoms with Gasteiger partial charge in [0.15, 0.2) is 0 Å². The Kier molecular flexibility index (Phi) is 12.8. The fourth-order valence-corrected chi connectivity index (χ4v) is 1.28. The molecule has 0 fully saturated rings. The molecule has 0 bridgehead atoms. The van der Waals surface area contributed by atoms with E-state index in [1.807, 2.05) is 7.05 Å². The second-order valence-corrected chi connectivity index (χ2v) is 4.07. The molecule has 0 heterocycles. The van der Waals surface area contributed by atoms with Gasteiger partial charge >= 0.3 is 0 Å². The summed E-state index contributed by atoms with van der Waals surface area (Å²) in [5.74, 6) is 0.0146. The zero-order valence-corrected chi connectivity index (χ0v) is 12.0. The maximum absolute atomic E-state index is 11.3. The number of Topliss-reactive ketones (excluding diaryl/α,β-unsaturated/α-hetero) is 1. The predicted molar refractivity (Wildman–Crippen MR) is 73.1 cm³/mol. The van der Waals surface area contributed by atoms with Crippen molar-refractivity contribution in [3.63, 3.8) is 0 Å². The average Bonchev–Trinajstić information content (AvgIpc) is 2.42. The smallest absolute Gasteiger partial charge is 0.220 e. The van der Waals surface area contributed by atoms with Gasteiger partial charge in [0.25, 0.3) is 0 Å². The van der Waals surface area contributed by atoms with Gasteiger partial charge in [-0.25, -0.2) is 0 Å². The van der Waals surface area contributed by atoms with Crippen LogP contribution in [0.15, 0.2) is 0 Å². The number of hydrogen-bond acceptors (Lipinski definition) is 5. The Morgan fingerprint density at radius 3 is 2.16 bits per heavy atom. The zero-order valence-electron chi connectivity index (χ0n) is 12.0. The van der Waals surface area contributed by atoms with Crippen molar-refractivity contribution in [1.82, 2.24) is 10.6 Å². The van der Waals surface area contributed by atoms with Gasteiger partial charge in [-0.2, -0.15) is 0 Å². The number of nitrogens with one attached hydrogen (secondary N) is 2. The quantitative estimate of drug-likeness (QED) is 0.466. The molecule has 0 atom stereocenters.